The number of unbranched alkanes of at least 4 members (excludes halogenated alkanes) is 29. The predicted molar refractivity (Wildman–Crippen MR) is 271 cm³/mol. The van der Waals surface area contributed by atoms with Crippen LogP contribution in [0.2, 0.25) is 0 Å². The predicted octanol–water partition coefficient (Wildman–Crippen LogP) is 8.94. The average Bonchev–Trinajstić information content (AvgIpc) is 3.35. The fraction of sp³-hybridized carbons (Fsp3) is 0.927. The van der Waals surface area contributed by atoms with E-state index in [1.165, 1.54) is 141 Å². The van der Waals surface area contributed by atoms with Crippen LogP contribution in [0.1, 0.15) is 232 Å². The molecule has 0 aromatic rings. The Balaban J connectivity index is 1.77. The molecule has 412 valence electrons. The first-order valence-corrected chi connectivity index (χ1v) is 28.3. The van der Waals surface area contributed by atoms with E-state index in [1.54, 1.807) is 0 Å². The molecule has 0 amide bonds. The summed E-state index contributed by atoms with van der Waals surface area (Å²) in [4.78, 5) is 25.8. The van der Waals surface area contributed by atoms with Crippen molar-refractivity contribution >= 4 is 11.9 Å². The van der Waals surface area contributed by atoms with E-state index in [0.717, 1.165) is 51.4 Å². The molecule has 0 aromatic heterocycles. The summed E-state index contributed by atoms with van der Waals surface area (Å²) in [5.41, 5.74) is 0. The van der Waals surface area contributed by atoms with Gasteiger partial charge in [-0.15, -0.1) is 0 Å². The van der Waals surface area contributed by atoms with Crippen molar-refractivity contribution in [3.8, 4) is 0 Å². The first kappa shape index (κ1) is 64.4. The van der Waals surface area contributed by atoms with Crippen molar-refractivity contribution in [2.75, 3.05) is 26.4 Å². The van der Waals surface area contributed by atoms with Crippen LogP contribution in [0, 0.1) is 0 Å². The topological polar surface area (TPSA) is 231 Å². The third-order valence-electron chi connectivity index (χ3n) is 13.7. The van der Waals surface area contributed by atoms with Crippen molar-refractivity contribution in [3.63, 3.8) is 0 Å². The molecular weight excluding hydrogens is 901 g/mol. The minimum absolute atomic E-state index is 0.165. The highest BCUT2D eigenvalue weighted by molar-refractivity contribution is 5.70. The van der Waals surface area contributed by atoms with Crippen molar-refractivity contribution in [2.45, 2.75) is 300 Å². The van der Waals surface area contributed by atoms with Gasteiger partial charge in [-0.25, -0.2) is 0 Å². The summed E-state index contributed by atoms with van der Waals surface area (Å²) in [6.07, 6.45) is 26.6. The summed E-state index contributed by atoms with van der Waals surface area (Å²) >= 11 is 0. The fourth-order valence-corrected chi connectivity index (χ4v) is 9.10. The Morgan fingerprint density at radius 3 is 1.26 bits per heavy atom. The van der Waals surface area contributed by atoms with E-state index < -0.39 is 92.7 Å². The highest BCUT2D eigenvalue weighted by Crippen LogP contribution is 2.27. The van der Waals surface area contributed by atoms with Crippen molar-refractivity contribution in [2.24, 2.45) is 0 Å². The first-order valence-electron chi connectivity index (χ1n) is 28.3. The maximum absolute atomic E-state index is 13.0. The SMILES string of the molecule is CCCCCCCC/C=C\CCCCCCCCCC(=O)OC(COC(=O)CCCCCCCCCCCCCCCCCCC)COC1OC(COC2OC(CO)C(O)C(O)C2O)C(O)C(O)C1O. The molecule has 0 bridgehead atoms. The molecule has 2 aliphatic rings. The fourth-order valence-electron chi connectivity index (χ4n) is 9.10. The van der Waals surface area contributed by atoms with E-state index in [2.05, 4.69) is 26.0 Å². The van der Waals surface area contributed by atoms with E-state index in [-0.39, 0.29) is 26.1 Å². The smallest absolute Gasteiger partial charge is 0.306 e. The number of hydrogen-bond donors (Lipinski definition) is 7. The lowest BCUT2D eigenvalue weighted by molar-refractivity contribution is -0.332. The van der Waals surface area contributed by atoms with E-state index in [1.807, 2.05) is 0 Å². The van der Waals surface area contributed by atoms with Gasteiger partial charge in [0.15, 0.2) is 18.7 Å². The van der Waals surface area contributed by atoms with E-state index >= 15 is 0 Å². The number of aliphatic hydroxyl groups is 7. The Morgan fingerprint density at radius 2 is 0.814 bits per heavy atom. The molecule has 2 rings (SSSR count). The van der Waals surface area contributed by atoms with Crippen molar-refractivity contribution in [1.82, 2.24) is 0 Å². The Labute approximate surface area is 422 Å². The van der Waals surface area contributed by atoms with Crippen LogP contribution in [0.15, 0.2) is 12.2 Å². The molecule has 0 aliphatic carbocycles. The second kappa shape index (κ2) is 42.6. The Kier molecular flexibility index (Phi) is 39.1. The number of esters is 2. The Hall–Kier alpha value is -1.76. The van der Waals surface area contributed by atoms with E-state index in [9.17, 15) is 45.3 Å². The summed E-state index contributed by atoms with van der Waals surface area (Å²) < 4.78 is 33.7. The largest absolute Gasteiger partial charge is 0.462 e. The van der Waals surface area contributed by atoms with Gasteiger partial charge in [-0.05, 0) is 38.5 Å². The molecule has 70 heavy (non-hydrogen) atoms. The first-order chi connectivity index (χ1) is 34.0. The van der Waals surface area contributed by atoms with Gasteiger partial charge in [0, 0.05) is 12.8 Å². The van der Waals surface area contributed by atoms with Gasteiger partial charge in [0.1, 0.15) is 55.4 Å². The minimum atomic E-state index is -1.76. The maximum Gasteiger partial charge on any atom is 0.306 e. The number of rotatable bonds is 45. The molecule has 11 atom stereocenters. The standard InChI is InChI=1S/C55H102O15/c1-3-5-7-9-11-13-15-17-19-21-23-25-27-29-31-33-35-37-46(57)65-40-43(68-47(58)38-36-34-32-30-28-26-24-22-20-18-16-14-12-10-8-6-4-2)41-66-54-53(64)51(62)49(60)45(70-54)42-67-55-52(63)50(61)48(59)44(39-56)69-55/h18,20,43-45,48-56,59-64H,3-17,19,21-42H2,1-2H3/b20-18-. The van der Waals surface area contributed by atoms with E-state index in [0.29, 0.717) is 12.8 Å². The molecule has 0 aromatic carbocycles. The molecule has 0 saturated carbocycles. The number of allylic oxidation sites excluding steroid dienone is 2. The van der Waals surface area contributed by atoms with Gasteiger partial charge in [-0.3, -0.25) is 9.59 Å². The monoisotopic (exact) mass is 1000 g/mol. The summed E-state index contributed by atoms with van der Waals surface area (Å²) in [5, 5.41) is 72.2. The zero-order valence-corrected chi connectivity index (χ0v) is 43.8. The second-order valence-corrected chi connectivity index (χ2v) is 20.1. The van der Waals surface area contributed by atoms with Gasteiger partial charge in [-0.1, -0.05) is 193 Å². The molecule has 15 heteroatoms. The van der Waals surface area contributed by atoms with Gasteiger partial charge in [0.25, 0.3) is 0 Å². The lowest BCUT2D eigenvalue weighted by atomic mass is 9.98. The number of hydrogen-bond acceptors (Lipinski definition) is 15. The van der Waals surface area contributed by atoms with Crippen LogP contribution in [-0.4, -0.2) is 142 Å². The summed E-state index contributed by atoms with van der Waals surface area (Å²) in [6, 6.07) is 0. The molecule has 15 nitrogen and oxygen atoms in total. The van der Waals surface area contributed by atoms with Gasteiger partial charge in [-0.2, -0.15) is 0 Å². The molecule has 0 radical (unpaired) electrons. The van der Waals surface area contributed by atoms with Crippen molar-refractivity contribution < 1.29 is 73.8 Å². The van der Waals surface area contributed by atoms with Gasteiger partial charge < -0.3 is 64.2 Å². The lowest BCUT2D eigenvalue weighted by Gasteiger charge is -2.42. The third-order valence-corrected chi connectivity index (χ3v) is 13.7. The Morgan fingerprint density at radius 1 is 0.443 bits per heavy atom. The molecule has 2 aliphatic heterocycles. The number of carbonyl (C=O) groups excluding carboxylic acids is 2. The molecular formula is C55H102O15. The molecule has 0 spiro atoms. The van der Waals surface area contributed by atoms with Crippen LogP contribution in [0.3, 0.4) is 0 Å². The summed E-state index contributed by atoms with van der Waals surface area (Å²) in [5.74, 6) is -0.916. The number of ether oxygens (including phenoxy) is 6. The summed E-state index contributed by atoms with van der Waals surface area (Å²) in [6.45, 7) is 2.63. The normalized spacial score (nSPS) is 25.4. The van der Waals surface area contributed by atoms with Crippen LogP contribution < -0.4 is 0 Å². The second-order valence-electron chi connectivity index (χ2n) is 20.1. The van der Waals surface area contributed by atoms with Gasteiger partial charge in [0.2, 0.25) is 0 Å². The summed E-state index contributed by atoms with van der Waals surface area (Å²) in [7, 11) is 0. The molecule has 7 N–H and O–H groups in total. The van der Waals surface area contributed by atoms with Crippen molar-refractivity contribution in [1.29, 1.82) is 0 Å². The van der Waals surface area contributed by atoms with Crippen LogP contribution in [0.4, 0.5) is 0 Å². The van der Waals surface area contributed by atoms with Crippen LogP contribution >= 0.6 is 0 Å². The van der Waals surface area contributed by atoms with Crippen LogP contribution in [0.25, 0.3) is 0 Å². The van der Waals surface area contributed by atoms with Crippen LogP contribution in [-0.2, 0) is 38.0 Å². The van der Waals surface area contributed by atoms with E-state index in [4.69, 9.17) is 28.4 Å². The average molecular weight is 1000 g/mol. The molecule has 2 heterocycles. The van der Waals surface area contributed by atoms with Crippen LogP contribution in [0.5, 0.6) is 0 Å². The molecule has 2 saturated heterocycles. The Bertz CT molecular complexity index is 1270. The highest BCUT2D eigenvalue weighted by Gasteiger charge is 2.47. The number of carbonyl (C=O) groups is 2. The zero-order valence-electron chi connectivity index (χ0n) is 43.8. The molecule has 11 unspecified atom stereocenters. The van der Waals surface area contributed by atoms with Gasteiger partial charge >= 0.3 is 11.9 Å². The van der Waals surface area contributed by atoms with Gasteiger partial charge in [0.05, 0.1) is 19.8 Å². The molecule has 2 fully saturated rings. The highest BCUT2D eigenvalue weighted by atomic mass is 16.7. The minimum Gasteiger partial charge on any atom is -0.462 e. The lowest BCUT2D eigenvalue weighted by Crippen LogP contribution is -2.61. The van der Waals surface area contributed by atoms with Crippen molar-refractivity contribution in [3.05, 3.63) is 12.2 Å². The maximum atomic E-state index is 13.0. The zero-order chi connectivity index (χ0) is 51.0. The quantitative estimate of drug-likeness (QED) is 0.0172. The number of aliphatic hydroxyl groups excluding tert-OH is 7. The third kappa shape index (κ3) is 29.8.